The highest BCUT2D eigenvalue weighted by Crippen LogP contribution is 2.40. The summed E-state index contributed by atoms with van der Waals surface area (Å²) >= 11 is 0. The van der Waals surface area contributed by atoms with E-state index < -0.39 is 17.8 Å². The lowest BCUT2D eigenvalue weighted by atomic mass is 9.70. The summed E-state index contributed by atoms with van der Waals surface area (Å²) in [6, 6.07) is 14.1. The summed E-state index contributed by atoms with van der Waals surface area (Å²) in [5.41, 5.74) is 1.38. The summed E-state index contributed by atoms with van der Waals surface area (Å²) in [6.45, 7) is 3.19. The molecule has 9 heteroatoms. The molecule has 0 spiro atoms. The number of aromatic nitrogens is 2. The quantitative estimate of drug-likeness (QED) is 0.300. The van der Waals surface area contributed by atoms with E-state index in [1.165, 1.54) is 18.0 Å². The molecule has 0 unspecified atom stereocenters. The maximum atomic E-state index is 13.7. The molecule has 0 radical (unpaired) electrons. The van der Waals surface area contributed by atoms with Crippen molar-refractivity contribution in [3.05, 3.63) is 89.5 Å². The molecule has 1 aliphatic rings. The summed E-state index contributed by atoms with van der Waals surface area (Å²) in [5, 5.41) is 2.81. The molecule has 2 aromatic carbocycles. The van der Waals surface area contributed by atoms with Crippen LogP contribution in [0.5, 0.6) is 0 Å². The Kier molecular flexibility index (Phi) is 9.09. The predicted octanol–water partition coefficient (Wildman–Crippen LogP) is 5.45. The van der Waals surface area contributed by atoms with Gasteiger partial charge >= 0.3 is 6.18 Å². The van der Waals surface area contributed by atoms with Gasteiger partial charge in [-0.25, -0.2) is 4.98 Å². The summed E-state index contributed by atoms with van der Waals surface area (Å²) in [4.78, 5) is 35.1. The van der Waals surface area contributed by atoms with Gasteiger partial charge in [0, 0.05) is 43.2 Å². The third-order valence-electron chi connectivity index (χ3n) is 7.45. The first-order valence-corrected chi connectivity index (χ1v) is 13.5. The molecule has 0 aliphatic carbocycles. The normalized spacial score (nSPS) is 15.4. The summed E-state index contributed by atoms with van der Waals surface area (Å²) in [5.74, 6) is -0.614. The average Bonchev–Trinajstić information content (AvgIpc) is 3.42. The smallest absolute Gasteiger partial charge is 0.348 e. The number of unbranched alkanes of at least 4 members (excludes halogenated alkanes) is 2. The van der Waals surface area contributed by atoms with Crippen LogP contribution in [0.1, 0.15) is 61.4 Å². The van der Waals surface area contributed by atoms with E-state index in [0.717, 1.165) is 43.5 Å². The molecule has 0 saturated carbocycles. The van der Waals surface area contributed by atoms with Gasteiger partial charge in [0.1, 0.15) is 6.04 Å². The van der Waals surface area contributed by atoms with E-state index in [-0.39, 0.29) is 30.1 Å². The van der Waals surface area contributed by atoms with Crippen molar-refractivity contribution in [2.75, 3.05) is 13.1 Å². The summed E-state index contributed by atoms with van der Waals surface area (Å²) in [7, 11) is 0. The Morgan fingerprint density at radius 3 is 2.54 bits per heavy atom. The van der Waals surface area contributed by atoms with Crippen molar-refractivity contribution < 1.29 is 22.8 Å². The minimum atomic E-state index is -4.49. The zero-order chi connectivity index (χ0) is 27.9. The molecule has 6 nitrogen and oxygen atoms in total. The maximum Gasteiger partial charge on any atom is 0.416 e. The zero-order valence-corrected chi connectivity index (χ0v) is 22.1. The first-order valence-electron chi connectivity index (χ1n) is 13.5. The topological polar surface area (TPSA) is 78.1 Å². The summed E-state index contributed by atoms with van der Waals surface area (Å²) < 4.78 is 40.0. The van der Waals surface area contributed by atoms with E-state index in [1.54, 1.807) is 17.2 Å². The molecule has 1 saturated heterocycles. The minimum Gasteiger partial charge on any atom is -0.348 e. The number of halogens is 3. The number of aryl methyl sites for hydroxylation is 1. The molecule has 1 atom stereocenters. The number of rotatable bonds is 12. The van der Waals surface area contributed by atoms with Crippen LogP contribution in [-0.2, 0) is 34.0 Å². The van der Waals surface area contributed by atoms with Crippen LogP contribution < -0.4 is 5.32 Å². The number of hydrogen-bond donors (Lipinski definition) is 2. The van der Waals surface area contributed by atoms with E-state index in [2.05, 4.69) is 34.3 Å². The molecule has 4 rings (SSSR count). The first kappa shape index (κ1) is 28.4. The van der Waals surface area contributed by atoms with Crippen LogP contribution >= 0.6 is 0 Å². The number of carbonyl (C=O) groups excluding carboxylic acids is 2. The molecule has 0 bridgehead atoms. The number of hydrogen-bond acceptors (Lipinski definition) is 3. The number of nitrogens with zero attached hydrogens (tertiary/aromatic N) is 2. The maximum absolute atomic E-state index is 13.7. The second-order valence-electron chi connectivity index (χ2n) is 10.4. The number of nitrogens with one attached hydrogen (secondary N) is 2. The van der Waals surface area contributed by atoms with Gasteiger partial charge in [-0.15, -0.1) is 0 Å². The lowest BCUT2D eigenvalue weighted by Crippen LogP contribution is -2.64. The van der Waals surface area contributed by atoms with Gasteiger partial charge in [0.15, 0.2) is 0 Å². The fourth-order valence-electron chi connectivity index (χ4n) is 5.30. The van der Waals surface area contributed by atoms with Crippen LogP contribution in [0, 0.1) is 0 Å². The molecule has 39 heavy (non-hydrogen) atoms. The van der Waals surface area contributed by atoms with E-state index in [9.17, 15) is 22.8 Å². The molecule has 3 aromatic rings. The first-order chi connectivity index (χ1) is 18.7. The number of carbonyl (C=O) groups is 2. The molecule has 208 valence electrons. The molecule has 2 N–H and O–H groups in total. The molecule has 2 heterocycles. The van der Waals surface area contributed by atoms with E-state index in [0.29, 0.717) is 25.1 Å². The molecule has 1 aliphatic heterocycles. The molecule has 1 aromatic heterocycles. The van der Waals surface area contributed by atoms with Crippen molar-refractivity contribution in [3.63, 3.8) is 0 Å². The van der Waals surface area contributed by atoms with Crippen LogP contribution in [0.3, 0.4) is 0 Å². The average molecular weight is 541 g/mol. The largest absolute Gasteiger partial charge is 0.416 e. The number of alkyl halides is 3. The zero-order valence-electron chi connectivity index (χ0n) is 22.1. The van der Waals surface area contributed by atoms with Gasteiger partial charge in [0.25, 0.3) is 0 Å². The Morgan fingerprint density at radius 1 is 1.10 bits per heavy atom. The SMILES string of the molecule is CCCCCC1(c2ccccc2)CN(C(=O)[C@@H](Cc2cccc(C(F)(F)F)c2)NC(=O)CCc2cnc[nH]2)C1. The van der Waals surface area contributed by atoms with Gasteiger partial charge < -0.3 is 15.2 Å². The van der Waals surface area contributed by atoms with Crippen LogP contribution in [0.4, 0.5) is 13.2 Å². The Labute approximate surface area is 227 Å². The van der Waals surface area contributed by atoms with E-state index in [1.807, 2.05) is 18.2 Å². The lowest BCUT2D eigenvalue weighted by Gasteiger charge is -2.52. The fraction of sp³-hybridized carbons (Fsp3) is 0.433. The van der Waals surface area contributed by atoms with Gasteiger partial charge in [-0.2, -0.15) is 13.2 Å². The van der Waals surface area contributed by atoms with Gasteiger partial charge in [-0.05, 0) is 30.0 Å². The van der Waals surface area contributed by atoms with Gasteiger partial charge in [0.2, 0.25) is 11.8 Å². The highest BCUT2D eigenvalue weighted by Gasteiger charge is 2.47. The monoisotopic (exact) mass is 540 g/mol. The van der Waals surface area contributed by atoms with Crippen molar-refractivity contribution in [3.8, 4) is 0 Å². The minimum absolute atomic E-state index is 0.0246. The van der Waals surface area contributed by atoms with Crippen molar-refractivity contribution in [1.29, 1.82) is 0 Å². The molecule has 2 amide bonds. The Morgan fingerprint density at radius 2 is 1.87 bits per heavy atom. The lowest BCUT2D eigenvalue weighted by molar-refractivity contribution is -0.143. The van der Waals surface area contributed by atoms with Gasteiger partial charge in [0.05, 0.1) is 11.9 Å². The Bertz CT molecular complexity index is 1220. The standard InChI is InChI=1S/C30H35F3N4O2/c1-2-3-7-15-29(23-10-5-4-6-11-23)19-37(20-29)28(39)26(36-27(38)14-13-25-18-34-21-35-25)17-22-9-8-12-24(16-22)30(31,32)33/h4-6,8-12,16,18,21,26H,2-3,7,13-15,17,19-20H2,1H3,(H,34,35)(H,36,38)/t26-/m1/s1. The van der Waals surface area contributed by atoms with E-state index >= 15 is 0 Å². The van der Waals surface area contributed by atoms with Crippen LogP contribution in [0.25, 0.3) is 0 Å². The highest BCUT2D eigenvalue weighted by atomic mass is 19.4. The number of likely N-dealkylation sites (tertiary alicyclic amines) is 1. The fourth-order valence-corrected chi connectivity index (χ4v) is 5.30. The molecule has 1 fully saturated rings. The van der Waals surface area contributed by atoms with Crippen molar-refractivity contribution >= 4 is 11.8 Å². The number of benzene rings is 2. The van der Waals surface area contributed by atoms with Crippen LogP contribution in [0.2, 0.25) is 0 Å². The Balaban J connectivity index is 1.50. The van der Waals surface area contributed by atoms with Crippen LogP contribution in [0.15, 0.2) is 67.1 Å². The third-order valence-corrected chi connectivity index (χ3v) is 7.45. The number of H-pyrrole nitrogens is 1. The summed E-state index contributed by atoms with van der Waals surface area (Å²) in [6.07, 6.45) is 3.36. The van der Waals surface area contributed by atoms with Crippen molar-refractivity contribution in [1.82, 2.24) is 20.2 Å². The molecular formula is C30H35F3N4O2. The third kappa shape index (κ3) is 7.28. The number of amides is 2. The van der Waals surface area contributed by atoms with Gasteiger partial charge in [-0.3, -0.25) is 9.59 Å². The number of aromatic amines is 1. The highest BCUT2D eigenvalue weighted by molar-refractivity contribution is 5.88. The Hall–Kier alpha value is -3.62. The van der Waals surface area contributed by atoms with E-state index in [4.69, 9.17) is 0 Å². The van der Waals surface area contributed by atoms with Crippen LogP contribution in [-0.4, -0.2) is 45.8 Å². The predicted molar refractivity (Wildman–Crippen MR) is 143 cm³/mol. The second kappa shape index (κ2) is 12.5. The number of imidazole rings is 1. The van der Waals surface area contributed by atoms with Gasteiger partial charge in [-0.1, -0.05) is 74.7 Å². The second-order valence-corrected chi connectivity index (χ2v) is 10.4. The molecular weight excluding hydrogens is 505 g/mol. The van der Waals surface area contributed by atoms with Crippen molar-refractivity contribution in [2.45, 2.75) is 69.5 Å². The van der Waals surface area contributed by atoms with Crippen molar-refractivity contribution in [2.24, 2.45) is 0 Å².